The Morgan fingerprint density at radius 1 is 1.53 bits per heavy atom. The molecule has 0 aliphatic heterocycles. The lowest BCUT2D eigenvalue weighted by Crippen LogP contribution is -2.17. The van der Waals surface area contributed by atoms with Crippen molar-refractivity contribution >= 4 is 11.5 Å². The highest BCUT2D eigenvalue weighted by Crippen LogP contribution is 2.30. The molecule has 0 amide bonds. The van der Waals surface area contributed by atoms with Crippen molar-refractivity contribution in [1.29, 1.82) is 5.26 Å². The molecule has 4 heteroatoms. The first kappa shape index (κ1) is 13.7. The first-order valence-corrected chi connectivity index (χ1v) is 7.09. The highest BCUT2D eigenvalue weighted by Gasteiger charge is 2.18. The monoisotopic (exact) mass is 258 g/mol. The predicted molar refractivity (Wildman–Crippen MR) is 77.6 cm³/mol. The largest absolute Gasteiger partial charge is 0.395 e. The molecule has 2 atom stereocenters. The topological polar surface area (TPSA) is 74.7 Å². The molecule has 1 aliphatic rings. The van der Waals surface area contributed by atoms with Crippen molar-refractivity contribution in [3.8, 4) is 6.07 Å². The molecular weight excluding hydrogens is 236 g/mol. The third-order valence-corrected chi connectivity index (χ3v) is 4.00. The number of anilines is 2. The molecule has 1 aromatic rings. The summed E-state index contributed by atoms with van der Waals surface area (Å²) in [6, 6.07) is 3.72. The van der Waals surface area contributed by atoms with Crippen molar-refractivity contribution in [1.82, 2.24) is 4.98 Å². The van der Waals surface area contributed by atoms with Gasteiger partial charge in [0.25, 0.3) is 0 Å². The molecular formula is C15H22N4. The number of hydrogen-bond acceptors (Lipinski definition) is 4. The molecule has 0 radical (unpaired) electrons. The van der Waals surface area contributed by atoms with Crippen molar-refractivity contribution in [2.75, 3.05) is 17.6 Å². The smallest absolute Gasteiger partial charge is 0.150 e. The fraction of sp³-hybridized carbons (Fsp3) is 0.600. The molecule has 1 fully saturated rings. The lowest BCUT2D eigenvalue weighted by Gasteiger charge is -2.26. The molecule has 102 valence electrons. The van der Waals surface area contributed by atoms with Crippen LogP contribution in [0.15, 0.2) is 12.3 Å². The molecule has 4 nitrogen and oxygen atoms in total. The first-order valence-electron chi connectivity index (χ1n) is 7.09. The summed E-state index contributed by atoms with van der Waals surface area (Å²) in [6.45, 7) is 3.22. The van der Waals surface area contributed by atoms with E-state index < -0.39 is 0 Å². The van der Waals surface area contributed by atoms with Crippen LogP contribution in [0.3, 0.4) is 0 Å². The Hall–Kier alpha value is -1.76. The summed E-state index contributed by atoms with van der Waals surface area (Å²) in [6.07, 6.45) is 8.19. The molecule has 0 aromatic carbocycles. The SMILES string of the molecule is CC1CCCC(CCNc2nccc(C#N)c2N)C1. The van der Waals surface area contributed by atoms with E-state index in [9.17, 15) is 0 Å². The van der Waals surface area contributed by atoms with E-state index in [0.29, 0.717) is 17.1 Å². The normalized spacial score (nSPS) is 22.7. The van der Waals surface area contributed by atoms with Crippen molar-refractivity contribution in [3.63, 3.8) is 0 Å². The molecule has 1 aliphatic carbocycles. The maximum Gasteiger partial charge on any atom is 0.150 e. The van der Waals surface area contributed by atoms with E-state index in [0.717, 1.165) is 24.8 Å². The average molecular weight is 258 g/mol. The molecule has 2 rings (SSSR count). The minimum atomic E-state index is 0.460. The summed E-state index contributed by atoms with van der Waals surface area (Å²) >= 11 is 0. The van der Waals surface area contributed by atoms with Crippen LogP contribution in [0.25, 0.3) is 0 Å². The minimum absolute atomic E-state index is 0.460. The molecule has 1 saturated carbocycles. The Bertz CT molecular complexity index is 464. The second kappa shape index (κ2) is 6.42. The van der Waals surface area contributed by atoms with Crippen LogP contribution in [0.1, 0.15) is 44.6 Å². The van der Waals surface area contributed by atoms with Gasteiger partial charge in [-0.25, -0.2) is 4.98 Å². The summed E-state index contributed by atoms with van der Waals surface area (Å²) in [5.41, 5.74) is 6.84. The molecule has 0 bridgehead atoms. The lowest BCUT2D eigenvalue weighted by atomic mass is 9.81. The standard InChI is InChI=1S/C15H22N4/c1-11-3-2-4-12(9-11)5-7-18-15-14(17)13(10-16)6-8-19-15/h6,8,11-12H,2-5,7,9,17H2,1H3,(H,18,19). The van der Waals surface area contributed by atoms with E-state index in [2.05, 4.69) is 23.3 Å². The zero-order valence-corrected chi connectivity index (χ0v) is 11.5. The Labute approximate surface area is 115 Å². The Morgan fingerprint density at radius 2 is 2.37 bits per heavy atom. The van der Waals surface area contributed by atoms with Crippen LogP contribution in [-0.4, -0.2) is 11.5 Å². The fourth-order valence-electron chi connectivity index (χ4n) is 2.93. The Kier molecular flexibility index (Phi) is 4.62. The number of nitriles is 1. The molecule has 2 unspecified atom stereocenters. The molecule has 3 N–H and O–H groups in total. The van der Waals surface area contributed by atoms with Gasteiger partial charge in [0.15, 0.2) is 5.82 Å². The number of nitrogens with two attached hydrogens (primary N) is 1. The van der Waals surface area contributed by atoms with Crippen LogP contribution in [0, 0.1) is 23.2 Å². The summed E-state index contributed by atoms with van der Waals surface area (Å²) < 4.78 is 0. The third kappa shape index (κ3) is 3.60. The van der Waals surface area contributed by atoms with Gasteiger partial charge in [0, 0.05) is 12.7 Å². The third-order valence-electron chi connectivity index (χ3n) is 4.00. The van der Waals surface area contributed by atoms with Gasteiger partial charge in [-0.2, -0.15) is 5.26 Å². The highest BCUT2D eigenvalue weighted by molar-refractivity contribution is 5.68. The van der Waals surface area contributed by atoms with Crippen LogP contribution >= 0.6 is 0 Å². The summed E-state index contributed by atoms with van der Waals surface area (Å²) in [5.74, 6) is 2.32. The maximum absolute atomic E-state index is 8.92. The number of rotatable bonds is 4. The quantitative estimate of drug-likeness (QED) is 0.869. The van der Waals surface area contributed by atoms with Gasteiger partial charge in [0.1, 0.15) is 6.07 Å². The van der Waals surface area contributed by atoms with E-state index in [4.69, 9.17) is 11.0 Å². The van der Waals surface area contributed by atoms with Gasteiger partial charge < -0.3 is 11.1 Å². The van der Waals surface area contributed by atoms with E-state index in [1.165, 1.54) is 25.7 Å². The maximum atomic E-state index is 8.92. The molecule has 0 saturated heterocycles. The summed E-state index contributed by atoms with van der Waals surface area (Å²) in [7, 11) is 0. The van der Waals surface area contributed by atoms with Gasteiger partial charge in [-0.05, 0) is 30.7 Å². The van der Waals surface area contributed by atoms with Crippen LogP contribution in [0.2, 0.25) is 0 Å². The van der Waals surface area contributed by atoms with Crippen molar-refractivity contribution < 1.29 is 0 Å². The van der Waals surface area contributed by atoms with Crippen molar-refractivity contribution in [3.05, 3.63) is 17.8 Å². The number of nitrogens with one attached hydrogen (secondary N) is 1. The van der Waals surface area contributed by atoms with Gasteiger partial charge in [0.05, 0.1) is 11.3 Å². The Morgan fingerprint density at radius 3 is 3.11 bits per heavy atom. The molecule has 1 aromatic heterocycles. The second-order valence-electron chi connectivity index (χ2n) is 5.59. The number of aromatic nitrogens is 1. The zero-order valence-electron chi connectivity index (χ0n) is 11.5. The van der Waals surface area contributed by atoms with Crippen LogP contribution in [-0.2, 0) is 0 Å². The van der Waals surface area contributed by atoms with E-state index in [-0.39, 0.29) is 0 Å². The lowest BCUT2D eigenvalue weighted by molar-refractivity contribution is 0.274. The van der Waals surface area contributed by atoms with E-state index in [1.807, 2.05) is 0 Å². The number of nitrogen functional groups attached to an aromatic ring is 1. The Balaban J connectivity index is 1.84. The van der Waals surface area contributed by atoms with Gasteiger partial charge in [-0.15, -0.1) is 0 Å². The van der Waals surface area contributed by atoms with Gasteiger partial charge >= 0.3 is 0 Å². The number of pyridine rings is 1. The zero-order chi connectivity index (χ0) is 13.7. The molecule has 0 spiro atoms. The van der Waals surface area contributed by atoms with Gasteiger partial charge in [-0.1, -0.05) is 26.2 Å². The van der Waals surface area contributed by atoms with Crippen molar-refractivity contribution in [2.45, 2.75) is 39.0 Å². The van der Waals surface area contributed by atoms with Gasteiger partial charge in [-0.3, -0.25) is 0 Å². The molecule has 1 heterocycles. The average Bonchev–Trinajstić information content (AvgIpc) is 2.41. The van der Waals surface area contributed by atoms with E-state index in [1.54, 1.807) is 12.3 Å². The number of hydrogen-bond donors (Lipinski definition) is 2. The van der Waals surface area contributed by atoms with E-state index >= 15 is 0 Å². The van der Waals surface area contributed by atoms with Crippen LogP contribution in [0.5, 0.6) is 0 Å². The predicted octanol–water partition coefficient (Wildman–Crippen LogP) is 3.16. The van der Waals surface area contributed by atoms with Crippen molar-refractivity contribution in [2.24, 2.45) is 11.8 Å². The summed E-state index contributed by atoms with van der Waals surface area (Å²) in [4.78, 5) is 4.20. The highest BCUT2D eigenvalue weighted by atomic mass is 15.0. The molecule has 19 heavy (non-hydrogen) atoms. The summed E-state index contributed by atoms with van der Waals surface area (Å²) in [5, 5.41) is 12.2. The van der Waals surface area contributed by atoms with Gasteiger partial charge in [0.2, 0.25) is 0 Å². The first-order chi connectivity index (χ1) is 9.20. The second-order valence-corrected chi connectivity index (χ2v) is 5.59. The fourth-order valence-corrected chi connectivity index (χ4v) is 2.93. The van der Waals surface area contributed by atoms with Crippen LogP contribution in [0.4, 0.5) is 11.5 Å². The number of nitrogens with zero attached hydrogens (tertiary/aromatic N) is 2. The van der Waals surface area contributed by atoms with Crippen LogP contribution < -0.4 is 11.1 Å². The minimum Gasteiger partial charge on any atom is -0.395 e.